The molecule has 4 rings (SSSR count). The molecule has 4 nitrogen and oxygen atoms in total. The Hall–Kier alpha value is -3.15. The molecule has 1 unspecified atom stereocenters. The lowest BCUT2D eigenvalue weighted by Crippen LogP contribution is -2.21. The van der Waals surface area contributed by atoms with Crippen molar-refractivity contribution in [3.05, 3.63) is 88.7 Å². The van der Waals surface area contributed by atoms with Crippen molar-refractivity contribution in [2.45, 2.75) is 25.3 Å². The number of aromatic nitrogens is 2. The number of nitrogens with one attached hydrogen (secondary N) is 1. The van der Waals surface area contributed by atoms with Crippen molar-refractivity contribution in [2.24, 2.45) is 0 Å². The molecule has 1 atom stereocenters. The molecule has 0 amide bonds. The minimum absolute atomic E-state index is 0.111. The SMILES string of the molecule is O=C1CC(c2cc(F)cc(F)c2)Cc2nc(NCc3ccccc3)ncc21. The monoisotopic (exact) mass is 365 g/mol. The zero-order valence-corrected chi connectivity index (χ0v) is 14.5. The van der Waals surface area contributed by atoms with E-state index in [-0.39, 0.29) is 18.1 Å². The van der Waals surface area contributed by atoms with Crippen LogP contribution in [0.3, 0.4) is 0 Å². The van der Waals surface area contributed by atoms with Crippen LogP contribution in [0, 0.1) is 11.6 Å². The molecule has 0 bridgehead atoms. The highest BCUT2D eigenvalue weighted by atomic mass is 19.1. The zero-order chi connectivity index (χ0) is 18.8. The van der Waals surface area contributed by atoms with Gasteiger partial charge in [0.05, 0.1) is 11.3 Å². The molecule has 0 fully saturated rings. The van der Waals surface area contributed by atoms with Gasteiger partial charge in [0, 0.05) is 25.2 Å². The highest BCUT2D eigenvalue weighted by Gasteiger charge is 2.28. The van der Waals surface area contributed by atoms with Gasteiger partial charge in [0.25, 0.3) is 0 Å². The highest BCUT2D eigenvalue weighted by molar-refractivity contribution is 5.98. The Labute approximate surface area is 155 Å². The summed E-state index contributed by atoms with van der Waals surface area (Å²) >= 11 is 0. The molecule has 0 saturated heterocycles. The third kappa shape index (κ3) is 3.84. The minimum Gasteiger partial charge on any atom is -0.350 e. The first kappa shape index (κ1) is 17.3. The number of Topliss-reactive ketones (excluding diaryl/α,β-unsaturated/α-hetero) is 1. The lowest BCUT2D eigenvalue weighted by Gasteiger charge is -2.23. The maximum Gasteiger partial charge on any atom is 0.223 e. The third-order valence-corrected chi connectivity index (χ3v) is 4.69. The van der Waals surface area contributed by atoms with Crippen LogP contribution >= 0.6 is 0 Å². The van der Waals surface area contributed by atoms with Crippen molar-refractivity contribution in [3.63, 3.8) is 0 Å². The van der Waals surface area contributed by atoms with E-state index < -0.39 is 11.6 Å². The highest BCUT2D eigenvalue weighted by Crippen LogP contribution is 2.32. The van der Waals surface area contributed by atoms with E-state index in [0.29, 0.717) is 35.7 Å². The summed E-state index contributed by atoms with van der Waals surface area (Å²) in [4.78, 5) is 21.1. The number of ketones is 1. The molecule has 0 saturated carbocycles. The summed E-state index contributed by atoms with van der Waals surface area (Å²) < 4.78 is 27.1. The summed E-state index contributed by atoms with van der Waals surface area (Å²) in [5.74, 6) is -1.27. The molecule has 1 N–H and O–H groups in total. The average Bonchev–Trinajstić information content (AvgIpc) is 2.66. The van der Waals surface area contributed by atoms with Crippen LogP contribution in [0.15, 0.2) is 54.7 Å². The molecule has 1 aliphatic rings. The number of hydrogen-bond acceptors (Lipinski definition) is 4. The molecule has 0 aliphatic heterocycles. The molecule has 2 aromatic carbocycles. The Kier molecular flexibility index (Phi) is 4.62. The van der Waals surface area contributed by atoms with E-state index in [9.17, 15) is 13.6 Å². The van der Waals surface area contributed by atoms with Gasteiger partial charge in [0.1, 0.15) is 11.6 Å². The van der Waals surface area contributed by atoms with Crippen molar-refractivity contribution in [1.82, 2.24) is 9.97 Å². The fraction of sp³-hybridized carbons (Fsp3) is 0.190. The fourth-order valence-corrected chi connectivity index (χ4v) is 3.35. The van der Waals surface area contributed by atoms with Crippen LogP contribution in [0.25, 0.3) is 0 Å². The van der Waals surface area contributed by atoms with Crippen LogP contribution in [-0.4, -0.2) is 15.8 Å². The van der Waals surface area contributed by atoms with Gasteiger partial charge >= 0.3 is 0 Å². The predicted molar refractivity (Wildman–Crippen MR) is 97.6 cm³/mol. The van der Waals surface area contributed by atoms with Crippen LogP contribution in [0.2, 0.25) is 0 Å². The number of benzene rings is 2. The molecule has 0 spiro atoms. The second-order valence-corrected chi connectivity index (χ2v) is 6.62. The number of rotatable bonds is 4. The Morgan fingerprint density at radius 2 is 1.78 bits per heavy atom. The van der Waals surface area contributed by atoms with E-state index in [1.54, 1.807) is 0 Å². The second-order valence-electron chi connectivity index (χ2n) is 6.62. The van der Waals surface area contributed by atoms with Crippen LogP contribution in [0.5, 0.6) is 0 Å². The summed E-state index contributed by atoms with van der Waals surface area (Å²) in [5, 5.41) is 3.15. The number of fused-ring (bicyclic) bond motifs is 1. The lowest BCUT2D eigenvalue weighted by atomic mass is 9.82. The molecule has 136 valence electrons. The third-order valence-electron chi connectivity index (χ3n) is 4.69. The van der Waals surface area contributed by atoms with Gasteiger partial charge in [-0.25, -0.2) is 18.7 Å². The topological polar surface area (TPSA) is 54.9 Å². The maximum atomic E-state index is 13.5. The van der Waals surface area contributed by atoms with E-state index in [2.05, 4.69) is 15.3 Å². The number of hydrogen-bond donors (Lipinski definition) is 1. The smallest absolute Gasteiger partial charge is 0.223 e. The molecule has 0 radical (unpaired) electrons. The number of carbonyl (C=O) groups excluding carboxylic acids is 1. The number of halogens is 2. The van der Waals surface area contributed by atoms with Crippen LogP contribution in [-0.2, 0) is 13.0 Å². The van der Waals surface area contributed by atoms with E-state index in [1.807, 2.05) is 30.3 Å². The van der Waals surface area contributed by atoms with Crippen LogP contribution in [0.4, 0.5) is 14.7 Å². The first-order valence-corrected chi connectivity index (χ1v) is 8.71. The Bertz CT molecular complexity index is 972. The lowest BCUT2D eigenvalue weighted by molar-refractivity contribution is 0.0962. The largest absolute Gasteiger partial charge is 0.350 e. The molecule has 3 aromatic rings. The molecular weight excluding hydrogens is 348 g/mol. The van der Waals surface area contributed by atoms with Crippen LogP contribution < -0.4 is 5.32 Å². The summed E-state index contributed by atoms with van der Waals surface area (Å²) in [6.07, 6.45) is 2.16. The first-order valence-electron chi connectivity index (χ1n) is 8.71. The molecular formula is C21H17F2N3O. The van der Waals surface area contributed by atoms with Crippen molar-refractivity contribution in [2.75, 3.05) is 5.32 Å². The van der Waals surface area contributed by atoms with Gasteiger partial charge in [-0.2, -0.15) is 0 Å². The van der Waals surface area contributed by atoms with Gasteiger partial charge in [-0.1, -0.05) is 30.3 Å². The Morgan fingerprint density at radius 1 is 1.04 bits per heavy atom. The van der Waals surface area contributed by atoms with Gasteiger partial charge in [0.15, 0.2) is 5.78 Å². The van der Waals surface area contributed by atoms with Crippen molar-refractivity contribution >= 4 is 11.7 Å². The average molecular weight is 365 g/mol. The minimum atomic E-state index is -0.642. The quantitative estimate of drug-likeness (QED) is 0.750. The van der Waals surface area contributed by atoms with Crippen molar-refractivity contribution in [1.29, 1.82) is 0 Å². The summed E-state index contributed by atoms with van der Waals surface area (Å²) in [7, 11) is 0. The molecule has 1 heterocycles. The van der Waals surface area contributed by atoms with E-state index in [0.717, 1.165) is 11.6 Å². The van der Waals surface area contributed by atoms with Crippen molar-refractivity contribution in [3.8, 4) is 0 Å². The standard InChI is InChI=1S/C21H17F2N3O/c22-16-6-14(7-17(23)10-16)15-8-19-18(20(27)9-15)12-25-21(26-19)24-11-13-4-2-1-3-5-13/h1-7,10,12,15H,8-9,11H2,(H,24,25,26). The Morgan fingerprint density at radius 3 is 2.52 bits per heavy atom. The molecule has 6 heteroatoms. The fourth-order valence-electron chi connectivity index (χ4n) is 3.35. The zero-order valence-electron chi connectivity index (χ0n) is 14.5. The summed E-state index contributed by atoms with van der Waals surface area (Å²) in [6, 6.07) is 13.2. The van der Waals surface area contributed by atoms with Gasteiger partial charge in [-0.05, 0) is 35.6 Å². The normalized spacial score (nSPS) is 16.1. The van der Waals surface area contributed by atoms with E-state index >= 15 is 0 Å². The Balaban J connectivity index is 1.56. The van der Waals surface area contributed by atoms with Gasteiger partial charge in [-0.15, -0.1) is 0 Å². The van der Waals surface area contributed by atoms with E-state index in [1.165, 1.54) is 18.3 Å². The number of carbonyl (C=O) groups is 1. The molecule has 27 heavy (non-hydrogen) atoms. The molecule has 1 aliphatic carbocycles. The van der Waals surface area contributed by atoms with Gasteiger partial charge < -0.3 is 5.32 Å². The van der Waals surface area contributed by atoms with Crippen LogP contribution in [0.1, 0.15) is 39.5 Å². The molecule has 1 aromatic heterocycles. The first-order chi connectivity index (χ1) is 13.1. The van der Waals surface area contributed by atoms with E-state index in [4.69, 9.17) is 0 Å². The van der Waals surface area contributed by atoms with Gasteiger partial charge in [0.2, 0.25) is 5.95 Å². The second kappa shape index (κ2) is 7.23. The number of nitrogens with zero attached hydrogens (tertiary/aromatic N) is 2. The van der Waals surface area contributed by atoms with Crippen molar-refractivity contribution < 1.29 is 13.6 Å². The summed E-state index contributed by atoms with van der Waals surface area (Å²) in [6.45, 7) is 0.562. The predicted octanol–water partition coefficient (Wildman–Crippen LogP) is 4.28. The number of anilines is 1. The maximum absolute atomic E-state index is 13.5. The van der Waals surface area contributed by atoms with Gasteiger partial charge in [-0.3, -0.25) is 4.79 Å². The summed E-state index contributed by atoms with van der Waals surface area (Å²) in [5.41, 5.74) is 2.65.